The third-order valence-corrected chi connectivity index (χ3v) is 7.19. The maximum Gasteiger partial charge on any atom is 0.460 e. The van der Waals surface area contributed by atoms with Gasteiger partial charge >= 0.3 is 72.4 Å². The van der Waals surface area contributed by atoms with Gasteiger partial charge in [-0.15, -0.1) is 0 Å². The molecule has 6 nitrogen and oxygen atoms in total. The lowest BCUT2D eigenvalue weighted by molar-refractivity contribution is -0.632. The first-order valence-corrected chi connectivity index (χ1v) is 13.5. The maximum absolute atomic E-state index is 14.6. The van der Waals surface area contributed by atoms with Gasteiger partial charge in [0.1, 0.15) is 18.3 Å². The Labute approximate surface area is 285 Å². The van der Waals surface area contributed by atoms with Crippen molar-refractivity contribution in [3.05, 3.63) is 10.1 Å². The van der Waals surface area contributed by atoms with Crippen molar-refractivity contribution in [1.29, 1.82) is 0 Å². The molecule has 0 aromatic heterocycles. The summed E-state index contributed by atoms with van der Waals surface area (Å²) in [6, 6.07) is 0. The summed E-state index contributed by atoms with van der Waals surface area (Å²) in [5.74, 6) is -48.8. The van der Waals surface area contributed by atoms with Crippen molar-refractivity contribution in [2.45, 2.75) is 136 Å². The molecular formula is C22H18F27NO5. The molecule has 0 aliphatic carbocycles. The highest BCUT2D eigenvalue weighted by molar-refractivity contribution is 5.07. The van der Waals surface area contributed by atoms with Gasteiger partial charge in [-0.1, -0.05) is 20.8 Å². The van der Waals surface area contributed by atoms with Gasteiger partial charge in [0.25, 0.3) is 5.54 Å². The molecule has 0 aliphatic heterocycles. The second kappa shape index (κ2) is 15.0. The van der Waals surface area contributed by atoms with E-state index in [1.54, 1.807) is 0 Å². The van der Waals surface area contributed by atoms with E-state index in [2.05, 4.69) is 14.2 Å². The number of rotatable bonds is 19. The lowest BCUT2D eigenvalue weighted by atomic mass is 9.77. The van der Waals surface area contributed by atoms with Gasteiger partial charge in [-0.3, -0.25) is 10.1 Å². The SMILES string of the molecule is CCC(OC(F)(F)C(F)(F)C(F)(F)C(F)(F)F)C(C(CC)OC(F)(F)C(F)(F)C(F)(F)C(F)(F)F)(C(CC)OC(F)(F)C(F)(F)C(F)(F)C(F)(F)F)[N+](=O)[O-]. The van der Waals surface area contributed by atoms with E-state index in [-0.39, 0.29) is 20.8 Å². The highest BCUT2D eigenvalue weighted by Crippen LogP contribution is 2.58. The van der Waals surface area contributed by atoms with E-state index in [4.69, 9.17) is 0 Å². The van der Waals surface area contributed by atoms with Crippen LogP contribution in [0.2, 0.25) is 0 Å². The van der Waals surface area contributed by atoms with Gasteiger partial charge < -0.3 is 14.2 Å². The molecule has 0 heterocycles. The summed E-state index contributed by atoms with van der Waals surface area (Å²) in [6.07, 6.45) is -68.3. The Kier molecular flexibility index (Phi) is 14.3. The van der Waals surface area contributed by atoms with Gasteiger partial charge in [-0.05, 0) is 19.3 Å². The fourth-order valence-corrected chi connectivity index (χ4v) is 4.33. The van der Waals surface area contributed by atoms with E-state index in [1.165, 1.54) is 0 Å². The van der Waals surface area contributed by atoms with Gasteiger partial charge in [-0.25, -0.2) is 0 Å². The standard InChI is InChI=1S/C22H18F27NO5/c1-4-7(53-20(44,45)14(29,30)11(23,24)17(35,36)37)10(50(51)52,8(5-2)54-21(46,47)15(31,32)12(25,26)18(38,39)40)9(6-3)55-22(48,49)16(33,34)13(27,28)19(41,42)43/h7-9H,4-6H2,1-3H3. The minimum Gasteiger partial charge on any atom is -0.304 e. The average molecular weight is 889 g/mol. The predicted octanol–water partition coefficient (Wildman–Crippen LogP) is 10.7. The van der Waals surface area contributed by atoms with Crippen molar-refractivity contribution >= 4 is 0 Å². The molecule has 330 valence electrons. The smallest absolute Gasteiger partial charge is 0.304 e. The first-order valence-electron chi connectivity index (χ1n) is 13.5. The molecule has 0 rings (SSSR count). The molecule has 0 saturated carbocycles. The summed E-state index contributed by atoms with van der Waals surface area (Å²) in [6.45, 7) is -0.477. The summed E-state index contributed by atoms with van der Waals surface area (Å²) in [5, 5.41) is 12.4. The second-order valence-corrected chi connectivity index (χ2v) is 10.7. The summed E-state index contributed by atoms with van der Waals surface area (Å²) in [5.41, 5.74) is -5.77. The zero-order valence-corrected chi connectivity index (χ0v) is 26.0. The van der Waals surface area contributed by atoms with Crippen molar-refractivity contribution in [1.82, 2.24) is 0 Å². The largest absolute Gasteiger partial charge is 0.460 e. The first-order chi connectivity index (χ1) is 23.7. The number of alkyl halides is 27. The van der Waals surface area contributed by atoms with Crippen LogP contribution in [0, 0.1) is 10.1 Å². The second-order valence-electron chi connectivity index (χ2n) is 10.7. The molecule has 0 N–H and O–H groups in total. The Balaban J connectivity index is 8.42. The molecule has 0 aromatic carbocycles. The molecule has 0 saturated heterocycles. The molecule has 3 atom stereocenters. The quantitative estimate of drug-likeness (QED) is 0.0734. The highest BCUT2D eigenvalue weighted by Gasteiger charge is 2.87. The summed E-state index contributed by atoms with van der Waals surface area (Å²) in [4.78, 5) is 9.37. The number of halogens is 27. The Morgan fingerprint density at radius 1 is 0.382 bits per heavy atom. The molecule has 0 bridgehead atoms. The molecular weight excluding hydrogens is 871 g/mol. The number of hydrogen-bond donors (Lipinski definition) is 0. The Bertz CT molecular complexity index is 1180. The van der Waals surface area contributed by atoms with Crippen LogP contribution in [0.4, 0.5) is 119 Å². The lowest BCUT2D eigenvalue weighted by Gasteiger charge is -2.46. The molecule has 0 aliphatic rings. The Morgan fingerprint density at radius 3 is 0.655 bits per heavy atom. The fraction of sp³-hybridized carbons (Fsp3) is 1.00. The zero-order valence-electron chi connectivity index (χ0n) is 26.0. The van der Waals surface area contributed by atoms with Crippen molar-refractivity contribution in [2.24, 2.45) is 0 Å². The van der Waals surface area contributed by atoms with Gasteiger partial charge in [0.2, 0.25) is 0 Å². The number of hydrogen-bond acceptors (Lipinski definition) is 5. The predicted molar refractivity (Wildman–Crippen MR) is 118 cm³/mol. The van der Waals surface area contributed by atoms with Crippen LogP contribution in [0.15, 0.2) is 0 Å². The number of ether oxygens (including phenoxy) is 3. The van der Waals surface area contributed by atoms with Gasteiger partial charge in [0, 0.05) is 4.92 Å². The van der Waals surface area contributed by atoms with Crippen LogP contribution in [-0.2, 0) is 14.2 Å². The zero-order chi connectivity index (χ0) is 45.1. The third-order valence-electron chi connectivity index (χ3n) is 7.19. The van der Waals surface area contributed by atoms with Crippen molar-refractivity contribution in [3.63, 3.8) is 0 Å². The summed E-state index contributed by atoms with van der Waals surface area (Å²) >= 11 is 0. The van der Waals surface area contributed by atoms with Crippen LogP contribution in [-0.4, -0.2) is 101 Å². The lowest BCUT2D eigenvalue weighted by Crippen LogP contribution is -2.73. The van der Waals surface area contributed by atoms with E-state index in [0.717, 1.165) is 0 Å². The fourth-order valence-electron chi connectivity index (χ4n) is 4.33. The summed E-state index contributed by atoms with van der Waals surface area (Å²) < 4.78 is 375. The van der Waals surface area contributed by atoms with E-state index in [0.29, 0.717) is 0 Å². The van der Waals surface area contributed by atoms with E-state index < -0.39 is 120 Å². The van der Waals surface area contributed by atoms with Crippen LogP contribution in [0.25, 0.3) is 0 Å². The van der Waals surface area contributed by atoms with Crippen LogP contribution in [0.5, 0.6) is 0 Å². The van der Waals surface area contributed by atoms with Crippen molar-refractivity contribution in [3.8, 4) is 0 Å². The van der Waals surface area contributed by atoms with Gasteiger partial charge in [0.15, 0.2) is 0 Å². The molecule has 55 heavy (non-hydrogen) atoms. The highest BCUT2D eigenvalue weighted by atomic mass is 19.4. The van der Waals surface area contributed by atoms with Crippen LogP contribution in [0.3, 0.4) is 0 Å². The number of nitro groups is 1. The summed E-state index contributed by atoms with van der Waals surface area (Å²) in [7, 11) is 0. The van der Waals surface area contributed by atoms with Crippen LogP contribution in [0.1, 0.15) is 40.0 Å². The van der Waals surface area contributed by atoms with Gasteiger partial charge in [-0.2, -0.15) is 119 Å². The van der Waals surface area contributed by atoms with Crippen molar-refractivity contribution < 1.29 is 138 Å². The Hall–Kier alpha value is -2.61. The molecule has 0 radical (unpaired) electrons. The molecule has 3 unspecified atom stereocenters. The monoisotopic (exact) mass is 889 g/mol. The van der Waals surface area contributed by atoms with E-state index in [9.17, 15) is 129 Å². The average Bonchev–Trinajstić information content (AvgIpc) is 2.96. The minimum absolute atomic E-state index is 0.159. The van der Waals surface area contributed by atoms with Crippen LogP contribution < -0.4 is 0 Å². The molecule has 0 aromatic rings. The normalized spacial score (nSPS) is 18.5. The number of nitrogens with zero attached hydrogens (tertiary/aromatic N) is 1. The maximum atomic E-state index is 14.6. The van der Waals surface area contributed by atoms with Crippen molar-refractivity contribution in [2.75, 3.05) is 0 Å². The minimum atomic E-state index is -8.17. The molecule has 33 heteroatoms. The van der Waals surface area contributed by atoms with Gasteiger partial charge in [0.05, 0.1) is 0 Å². The first kappa shape index (κ1) is 52.4. The topological polar surface area (TPSA) is 70.8 Å². The van der Waals surface area contributed by atoms with Crippen LogP contribution >= 0.6 is 0 Å². The molecule has 0 fully saturated rings. The molecule has 0 amide bonds. The van der Waals surface area contributed by atoms with E-state index >= 15 is 0 Å². The Morgan fingerprint density at radius 2 is 0.545 bits per heavy atom. The third kappa shape index (κ3) is 8.23. The molecule has 0 spiro atoms. The van der Waals surface area contributed by atoms with E-state index in [1.807, 2.05) is 0 Å².